The first-order valence-corrected chi connectivity index (χ1v) is 6.35. The number of methoxy groups -OCH3 is 2. The Morgan fingerprint density at radius 1 is 1.38 bits per heavy atom. The molecule has 0 saturated heterocycles. The van der Waals surface area contributed by atoms with Crippen LogP contribution in [0.4, 0.5) is 0 Å². The fourth-order valence-corrected chi connectivity index (χ4v) is 2.10. The van der Waals surface area contributed by atoms with Gasteiger partial charge in [0.25, 0.3) is 0 Å². The van der Waals surface area contributed by atoms with Gasteiger partial charge in [-0.1, -0.05) is 22.9 Å². The fraction of sp³-hybridized carbons (Fsp3) is 0.357. The predicted molar refractivity (Wildman–Crippen MR) is 74.5 cm³/mol. The van der Waals surface area contributed by atoms with E-state index in [4.69, 9.17) is 14.6 Å². The predicted octanol–water partition coefficient (Wildman–Crippen LogP) is 1.49. The molecule has 21 heavy (non-hydrogen) atoms. The fourth-order valence-electron chi connectivity index (χ4n) is 2.10. The van der Waals surface area contributed by atoms with E-state index in [1.165, 1.54) is 11.8 Å². The maximum absolute atomic E-state index is 11.1. The van der Waals surface area contributed by atoms with Gasteiger partial charge < -0.3 is 14.6 Å². The third-order valence-corrected chi connectivity index (χ3v) is 3.08. The summed E-state index contributed by atoms with van der Waals surface area (Å²) in [6.45, 7) is 2.47. The van der Waals surface area contributed by atoms with Gasteiger partial charge in [0.15, 0.2) is 5.69 Å². The van der Waals surface area contributed by atoms with Crippen LogP contribution in [0.5, 0.6) is 5.75 Å². The summed E-state index contributed by atoms with van der Waals surface area (Å²) in [6.07, 6.45) is 0. The van der Waals surface area contributed by atoms with Crippen LogP contribution < -0.4 is 4.74 Å². The lowest BCUT2D eigenvalue weighted by Gasteiger charge is -2.11. The third-order valence-electron chi connectivity index (χ3n) is 3.08. The van der Waals surface area contributed by atoms with Gasteiger partial charge in [-0.15, -0.1) is 5.10 Å². The molecule has 0 saturated carbocycles. The lowest BCUT2D eigenvalue weighted by molar-refractivity contribution is 0.0684. The van der Waals surface area contributed by atoms with Gasteiger partial charge in [-0.05, 0) is 13.0 Å². The van der Waals surface area contributed by atoms with Crippen molar-refractivity contribution in [3.63, 3.8) is 0 Å². The molecule has 1 N–H and O–H groups in total. The SMILES string of the molecule is COCc1c(C(=O)O)nnn1Cc1cc(C)ccc1OC. The van der Waals surface area contributed by atoms with Crippen molar-refractivity contribution in [2.45, 2.75) is 20.1 Å². The van der Waals surface area contributed by atoms with E-state index < -0.39 is 5.97 Å². The molecule has 2 aromatic rings. The highest BCUT2D eigenvalue weighted by molar-refractivity contribution is 5.86. The number of benzene rings is 1. The number of nitrogens with zero attached hydrogens (tertiary/aromatic N) is 3. The highest BCUT2D eigenvalue weighted by Crippen LogP contribution is 2.21. The molecule has 0 aliphatic carbocycles. The van der Waals surface area contributed by atoms with Gasteiger partial charge in [-0.25, -0.2) is 9.48 Å². The first-order chi connectivity index (χ1) is 10.1. The van der Waals surface area contributed by atoms with Gasteiger partial charge in [-0.2, -0.15) is 0 Å². The van der Waals surface area contributed by atoms with Crippen molar-refractivity contribution >= 4 is 5.97 Å². The van der Waals surface area contributed by atoms with Gasteiger partial charge in [0.05, 0.1) is 26.0 Å². The molecular weight excluding hydrogens is 274 g/mol. The van der Waals surface area contributed by atoms with E-state index >= 15 is 0 Å². The topological polar surface area (TPSA) is 86.5 Å². The number of aromatic carboxylic acids is 1. The zero-order valence-corrected chi connectivity index (χ0v) is 12.2. The molecule has 0 atom stereocenters. The van der Waals surface area contributed by atoms with Crippen LogP contribution in [0.2, 0.25) is 0 Å². The molecule has 0 unspecified atom stereocenters. The second-order valence-corrected chi connectivity index (χ2v) is 4.60. The normalized spacial score (nSPS) is 10.6. The molecule has 7 heteroatoms. The second-order valence-electron chi connectivity index (χ2n) is 4.60. The average Bonchev–Trinajstić information content (AvgIpc) is 2.83. The smallest absolute Gasteiger partial charge is 0.358 e. The molecule has 0 bridgehead atoms. The van der Waals surface area contributed by atoms with Gasteiger partial charge in [-0.3, -0.25) is 0 Å². The third kappa shape index (κ3) is 3.19. The van der Waals surface area contributed by atoms with Gasteiger partial charge in [0.2, 0.25) is 0 Å². The molecule has 0 spiro atoms. The zero-order chi connectivity index (χ0) is 15.4. The summed E-state index contributed by atoms with van der Waals surface area (Å²) in [6, 6.07) is 5.79. The number of carboxylic acid groups (broad SMARTS) is 1. The van der Waals surface area contributed by atoms with E-state index in [1.54, 1.807) is 7.11 Å². The standard InChI is InChI=1S/C14H17N3O4/c1-9-4-5-12(21-3)10(6-9)7-17-11(8-20-2)13(14(18)19)15-16-17/h4-6H,7-8H2,1-3H3,(H,18,19). The summed E-state index contributed by atoms with van der Waals surface area (Å²) < 4.78 is 11.9. The number of carbonyl (C=O) groups is 1. The van der Waals surface area contributed by atoms with Crippen LogP contribution in [0.15, 0.2) is 18.2 Å². The maximum atomic E-state index is 11.1. The van der Waals surface area contributed by atoms with Gasteiger partial charge >= 0.3 is 5.97 Å². The van der Waals surface area contributed by atoms with E-state index in [0.717, 1.165) is 16.9 Å². The van der Waals surface area contributed by atoms with Crippen molar-refractivity contribution in [1.82, 2.24) is 15.0 Å². The Morgan fingerprint density at radius 3 is 2.76 bits per heavy atom. The molecule has 0 radical (unpaired) electrons. The number of aryl methyl sites for hydroxylation is 1. The minimum Gasteiger partial charge on any atom is -0.496 e. The summed E-state index contributed by atoms with van der Waals surface area (Å²) >= 11 is 0. The average molecular weight is 291 g/mol. The number of hydrogen-bond acceptors (Lipinski definition) is 5. The maximum Gasteiger partial charge on any atom is 0.358 e. The minimum absolute atomic E-state index is 0.0940. The quantitative estimate of drug-likeness (QED) is 0.867. The van der Waals surface area contributed by atoms with Crippen molar-refractivity contribution in [2.75, 3.05) is 14.2 Å². The Hall–Kier alpha value is -2.41. The van der Waals surface area contributed by atoms with Crippen molar-refractivity contribution < 1.29 is 19.4 Å². The molecule has 1 aromatic heterocycles. The van der Waals surface area contributed by atoms with Crippen LogP contribution in [-0.2, 0) is 17.9 Å². The Balaban J connectivity index is 2.39. The number of carboxylic acids is 1. The van der Waals surface area contributed by atoms with E-state index in [1.807, 2.05) is 25.1 Å². The Kier molecular flexibility index (Phi) is 4.54. The number of ether oxygens (including phenoxy) is 2. The number of hydrogen-bond donors (Lipinski definition) is 1. The van der Waals surface area contributed by atoms with E-state index in [0.29, 0.717) is 12.2 Å². The first-order valence-electron chi connectivity index (χ1n) is 6.35. The molecule has 1 heterocycles. The summed E-state index contributed by atoms with van der Waals surface area (Å²) in [5, 5.41) is 16.7. The molecular formula is C14H17N3O4. The van der Waals surface area contributed by atoms with E-state index in [-0.39, 0.29) is 12.3 Å². The van der Waals surface area contributed by atoms with E-state index in [9.17, 15) is 4.79 Å². The molecule has 1 aromatic carbocycles. The monoisotopic (exact) mass is 291 g/mol. The zero-order valence-electron chi connectivity index (χ0n) is 12.2. The number of aromatic nitrogens is 3. The van der Waals surface area contributed by atoms with Crippen LogP contribution in [0.1, 0.15) is 27.3 Å². The van der Waals surface area contributed by atoms with Crippen LogP contribution in [-0.4, -0.2) is 40.3 Å². The molecule has 0 aliphatic heterocycles. The molecule has 7 nitrogen and oxygen atoms in total. The highest BCUT2D eigenvalue weighted by atomic mass is 16.5. The van der Waals surface area contributed by atoms with Gasteiger partial charge in [0.1, 0.15) is 5.75 Å². The van der Waals surface area contributed by atoms with Crippen molar-refractivity contribution in [2.24, 2.45) is 0 Å². The second kappa shape index (κ2) is 6.36. The molecule has 0 fully saturated rings. The lowest BCUT2D eigenvalue weighted by atomic mass is 10.1. The van der Waals surface area contributed by atoms with Crippen LogP contribution >= 0.6 is 0 Å². The lowest BCUT2D eigenvalue weighted by Crippen LogP contribution is -2.11. The van der Waals surface area contributed by atoms with Crippen LogP contribution in [0.25, 0.3) is 0 Å². The molecule has 2 rings (SSSR count). The summed E-state index contributed by atoms with van der Waals surface area (Å²) in [7, 11) is 3.09. The summed E-state index contributed by atoms with van der Waals surface area (Å²) in [5.74, 6) is -0.402. The Morgan fingerprint density at radius 2 is 2.14 bits per heavy atom. The summed E-state index contributed by atoms with van der Waals surface area (Å²) in [5.41, 5.74) is 2.31. The minimum atomic E-state index is -1.12. The van der Waals surface area contributed by atoms with Crippen molar-refractivity contribution in [3.8, 4) is 5.75 Å². The highest BCUT2D eigenvalue weighted by Gasteiger charge is 2.19. The van der Waals surface area contributed by atoms with Gasteiger partial charge in [0, 0.05) is 12.7 Å². The van der Waals surface area contributed by atoms with Crippen molar-refractivity contribution in [3.05, 3.63) is 40.7 Å². The van der Waals surface area contributed by atoms with Crippen LogP contribution in [0, 0.1) is 6.92 Å². The first kappa shape index (κ1) is 15.0. The summed E-state index contributed by atoms with van der Waals surface area (Å²) in [4.78, 5) is 11.1. The molecule has 112 valence electrons. The Bertz CT molecular complexity index is 652. The van der Waals surface area contributed by atoms with Crippen molar-refractivity contribution in [1.29, 1.82) is 0 Å². The van der Waals surface area contributed by atoms with E-state index in [2.05, 4.69) is 10.3 Å². The molecule has 0 amide bonds. The van der Waals surface area contributed by atoms with Crippen LogP contribution in [0.3, 0.4) is 0 Å². The Labute approximate surface area is 122 Å². The number of rotatable bonds is 6. The molecule has 0 aliphatic rings. The largest absolute Gasteiger partial charge is 0.496 e.